The first-order chi connectivity index (χ1) is 6.35. The zero-order chi connectivity index (χ0) is 9.26. The third kappa shape index (κ3) is 1.69. The highest BCUT2D eigenvalue weighted by atomic mass is 35.5. The summed E-state index contributed by atoms with van der Waals surface area (Å²) in [4.78, 5) is 2.32. The minimum Gasteiger partial charge on any atom is -0.371 e. The number of rotatable bonds is 1. The van der Waals surface area contributed by atoms with E-state index in [0.29, 0.717) is 0 Å². The van der Waals surface area contributed by atoms with E-state index < -0.39 is 0 Å². The zero-order valence-corrected chi connectivity index (χ0v) is 8.97. The predicted octanol–water partition coefficient (Wildman–Crippen LogP) is 2.36. The summed E-state index contributed by atoms with van der Waals surface area (Å²) in [6.45, 7) is 4.27. The Kier molecular flexibility index (Phi) is 3.38. The molecule has 1 aliphatic rings. The highest BCUT2D eigenvalue weighted by Crippen LogP contribution is 2.28. The van der Waals surface area contributed by atoms with E-state index in [0.717, 1.165) is 25.1 Å². The lowest BCUT2D eigenvalue weighted by atomic mass is 10.1. The van der Waals surface area contributed by atoms with Crippen molar-refractivity contribution < 1.29 is 0 Å². The van der Waals surface area contributed by atoms with E-state index in [2.05, 4.69) is 24.0 Å². The van der Waals surface area contributed by atoms with Gasteiger partial charge < -0.3 is 4.90 Å². The van der Waals surface area contributed by atoms with Gasteiger partial charge in [-0.1, -0.05) is 6.07 Å². The van der Waals surface area contributed by atoms with E-state index in [1.54, 1.807) is 0 Å². The van der Waals surface area contributed by atoms with Crippen molar-refractivity contribution in [3.05, 3.63) is 29.3 Å². The van der Waals surface area contributed by atoms with Crippen molar-refractivity contribution in [1.82, 2.24) is 0 Å². The Hall–Kier alpha value is -1.20. The lowest BCUT2D eigenvalue weighted by Crippen LogP contribution is -2.19. The molecule has 0 spiro atoms. The molecule has 0 aromatic heterocycles. The number of likely N-dealkylation sites (N-methyl/N-ethyl adjacent to an activating group) is 1. The maximum absolute atomic E-state index is 8.76. The first-order valence-electron chi connectivity index (χ1n) is 4.63. The van der Waals surface area contributed by atoms with Gasteiger partial charge in [0.2, 0.25) is 0 Å². The second-order valence-electron chi connectivity index (χ2n) is 3.28. The fourth-order valence-electron chi connectivity index (χ4n) is 1.84. The molecular formula is C11H13ClN2. The molecule has 0 atom stereocenters. The van der Waals surface area contributed by atoms with Gasteiger partial charge in [0, 0.05) is 18.8 Å². The highest BCUT2D eigenvalue weighted by molar-refractivity contribution is 5.85. The minimum absolute atomic E-state index is 0. The van der Waals surface area contributed by atoms with E-state index in [1.165, 1.54) is 11.3 Å². The first-order valence-corrected chi connectivity index (χ1v) is 4.63. The van der Waals surface area contributed by atoms with Crippen molar-refractivity contribution in [3.8, 4) is 6.07 Å². The van der Waals surface area contributed by atoms with Gasteiger partial charge in [0.05, 0.1) is 11.6 Å². The minimum atomic E-state index is 0. The van der Waals surface area contributed by atoms with Crippen LogP contribution in [0.15, 0.2) is 18.2 Å². The Morgan fingerprint density at radius 1 is 1.50 bits per heavy atom. The summed E-state index contributed by atoms with van der Waals surface area (Å²) in [5.74, 6) is 0. The van der Waals surface area contributed by atoms with Crippen molar-refractivity contribution >= 4 is 18.1 Å². The standard InChI is InChI=1S/C11H12N2.ClH/c1-2-13-6-5-10-4-3-9(8-12)7-11(10)13;/h3-4,7H,2,5-6H2,1H3;1H. The third-order valence-electron chi connectivity index (χ3n) is 2.59. The Morgan fingerprint density at radius 2 is 2.29 bits per heavy atom. The molecule has 0 unspecified atom stereocenters. The second-order valence-corrected chi connectivity index (χ2v) is 3.28. The van der Waals surface area contributed by atoms with Crippen LogP contribution in [0.25, 0.3) is 0 Å². The third-order valence-corrected chi connectivity index (χ3v) is 2.59. The molecule has 0 radical (unpaired) electrons. The number of hydrogen-bond donors (Lipinski definition) is 0. The molecule has 3 heteroatoms. The molecule has 2 rings (SSSR count). The Bertz CT molecular complexity index is 368. The van der Waals surface area contributed by atoms with Gasteiger partial charge in [-0.25, -0.2) is 0 Å². The van der Waals surface area contributed by atoms with E-state index in [9.17, 15) is 0 Å². The van der Waals surface area contributed by atoms with Crippen LogP contribution in [-0.2, 0) is 6.42 Å². The van der Waals surface area contributed by atoms with Gasteiger partial charge in [0.1, 0.15) is 0 Å². The Labute approximate surface area is 90.6 Å². The Balaban J connectivity index is 0.000000980. The topological polar surface area (TPSA) is 27.0 Å². The molecule has 1 aliphatic heterocycles. The summed E-state index contributed by atoms with van der Waals surface area (Å²) in [7, 11) is 0. The molecule has 0 saturated heterocycles. The van der Waals surface area contributed by atoms with Crippen LogP contribution in [0.3, 0.4) is 0 Å². The molecule has 0 bridgehead atoms. The summed E-state index contributed by atoms with van der Waals surface area (Å²) >= 11 is 0. The molecule has 1 aromatic carbocycles. The van der Waals surface area contributed by atoms with E-state index in [1.807, 2.05) is 12.1 Å². The van der Waals surface area contributed by atoms with Crippen molar-refractivity contribution in [3.63, 3.8) is 0 Å². The molecular weight excluding hydrogens is 196 g/mol. The monoisotopic (exact) mass is 208 g/mol. The van der Waals surface area contributed by atoms with Crippen LogP contribution in [0.5, 0.6) is 0 Å². The molecule has 74 valence electrons. The van der Waals surface area contributed by atoms with Crippen LogP contribution in [0.2, 0.25) is 0 Å². The maximum Gasteiger partial charge on any atom is 0.0992 e. The number of halogens is 1. The van der Waals surface area contributed by atoms with Gasteiger partial charge >= 0.3 is 0 Å². The first kappa shape index (κ1) is 10.9. The van der Waals surface area contributed by atoms with Crippen molar-refractivity contribution in [1.29, 1.82) is 5.26 Å². The molecule has 0 amide bonds. The summed E-state index contributed by atoms with van der Waals surface area (Å²) in [6, 6.07) is 8.14. The highest BCUT2D eigenvalue weighted by Gasteiger charge is 2.17. The van der Waals surface area contributed by atoms with Gasteiger partial charge in [-0.15, -0.1) is 12.4 Å². The van der Waals surface area contributed by atoms with Gasteiger partial charge in [0.25, 0.3) is 0 Å². The lowest BCUT2D eigenvalue weighted by molar-refractivity contribution is 0.868. The number of nitriles is 1. The van der Waals surface area contributed by atoms with Crippen LogP contribution in [0, 0.1) is 11.3 Å². The van der Waals surface area contributed by atoms with Crippen LogP contribution >= 0.6 is 12.4 Å². The molecule has 2 nitrogen and oxygen atoms in total. The van der Waals surface area contributed by atoms with E-state index in [4.69, 9.17) is 5.26 Å². The maximum atomic E-state index is 8.76. The zero-order valence-electron chi connectivity index (χ0n) is 8.16. The molecule has 0 fully saturated rings. The molecule has 1 heterocycles. The molecule has 0 N–H and O–H groups in total. The molecule has 14 heavy (non-hydrogen) atoms. The number of fused-ring (bicyclic) bond motifs is 1. The van der Waals surface area contributed by atoms with Gasteiger partial charge in [0.15, 0.2) is 0 Å². The number of anilines is 1. The van der Waals surface area contributed by atoms with Gasteiger partial charge in [-0.2, -0.15) is 5.26 Å². The molecule has 1 aromatic rings. The van der Waals surface area contributed by atoms with Crippen molar-refractivity contribution in [2.75, 3.05) is 18.0 Å². The largest absolute Gasteiger partial charge is 0.371 e. The van der Waals surface area contributed by atoms with Crippen LogP contribution in [-0.4, -0.2) is 13.1 Å². The predicted molar refractivity (Wildman–Crippen MR) is 60.0 cm³/mol. The fourth-order valence-corrected chi connectivity index (χ4v) is 1.84. The van der Waals surface area contributed by atoms with Crippen molar-refractivity contribution in [2.45, 2.75) is 13.3 Å². The quantitative estimate of drug-likeness (QED) is 0.709. The van der Waals surface area contributed by atoms with Gasteiger partial charge in [-0.05, 0) is 31.0 Å². The molecule has 0 aliphatic carbocycles. The fraction of sp³-hybridized carbons (Fsp3) is 0.364. The van der Waals surface area contributed by atoms with Crippen LogP contribution in [0.4, 0.5) is 5.69 Å². The van der Waals surface area contributed by atoms with Gasteiger partial charge in [-0.3, -0.25) is 0 Å². The summed E-state index contributed by atoms with van der Waals surface area (Å²) in [6.07, 6.45) is 1.12. The average Bonchev–Trinajstić information content (AvgIpc) is 2.59. The second kappa shape index (κ2) is 4.34. The number of hydrogen-bond acceptors (Lipinski definition) is 2. The number of benzene rings is 1. The lowest BCUT2D eigenvalue weighted by Gasteiger charge is -2.16. The summed E-state index contributed by atoms with van der Waals surface area (Å²) < 4.78 is 0. The Morgan fingerprint density at radius 3 is 2.93 bits per heavy atom. The SMILES string of the molecule is CCN1CCc2ccc(C#N)cc21.Cl. The summed E-state index contributed by atoms with van der Waals surface area (Å²) in [5, 5.41) is 8.76. The van der Waals surface area contributed by atoms with Crippen LogP contribution < -0.4 is 4.90 Å². The smallest absolute Gasteiger partial charge is 0.0992 e. The molecule has 0 saturated carbocycles. The number of nitrogens with zero attached hydrogens (tertiary/aromatic N) is 2. The summed E-state index contributed by atoms with van der Waals surface area (Å²) in [5.41, 5.74) is 3.39. The van der Waals surface area contributed by atoms with E-state index >= 15 is 0 Å². The average molecular weight is 209 g/mol. The van der Waals surface area contributed by atoms with Crippen LogP contribution in [0.1, 0.15) is 18.1 Å². The van der Waals surface area contributed by atoms with Crippen molar-refractivity contribution in [2.24, 2.45) is 0 Å². The normalized spacial score (nSPS) is 13.0. The van der Waals surface area contributed by atoms with E-state index in [-0.39, 0.29) is 12.4 Å².